The van der Waals surface area contributed by atoms with Crippen LogP contribution in [0, 0.1) is 17.7 Å². The average molecular weight is 218 g/mol. The van der Waals surface area contributed by atoms with Crippen LogP contribution < -0.4 is 5.32 Å². The van der Waals surface area contributed by atoms with Gasteiger partial charge >= 0.3 is 0 Å². The molecule has 0 amide bonds. The van der Waals surface area contributed by atoms with Crippen molar-refractivity contribution in [3.63, 3.8) is 0 Å². The van der Waals surface area contributed by atoms with Crippen LogP contribution in [0.1, 0.15) is 18.4 Å². The Bertz CT molecular complexity index is 428. The minimum absolute atomic E-state index is 0.244. The van der Waals surface area contributed by atoms with E-state index in [1.54, 1.807) is 12.3 Å². The first kappa shape index (κ1) is 9.97. The number of halogens is 1. The molecule has 0 bridgehead atoms. The number of nitrogens with one attached hydrogen (secondary N) is 1. The summed E-state index contributed by atoms with van der Waals surface area (Å²) >= 11 is 0. The van der Waals surface area contributed by atoms with E-state index in [0.717, 1.165) is 31.0 Å². The molecule has 3 heteroatoms. The van der Waals surface area contributed by atoms with Crippen LogP contribution in [0.3, 0.4) is 0 Å². The Balaban J connectivity index is 1.96. The molecule has 0 unspecified atom stereocenters. The fourth-order valence-electron chi connectivity index (χ4n) is 2.91. The monoisotopic (exact) mass is 218 g/mol. The summed E-state index contributed by atoms with van der Waals surface area (Å²) in [5.74, 6) is 1.03. The normalized spacial score (nSPS) is 28.7. The number of hydrogen-bond donors (Lipinski definition) is 1. The number of allylic oxidation sites excluding steroid dienone is 1. The van der Waals surface area contributed by atoms with Crippen molar-refractivity contribution in [1.82, 2.24) is 10.3 Å². The van der Waals surface area contributed by atoms with Crippen LogP contribution in [0.25, 0.3) is 5.57 Å². The molecule has 0 radical (unpaired) electrons. The summed E-state index contributed by atoms with van der Waals surface area (Å²) in [6.45, 7) is 2.12. The van der Waals surface area contributed by atoms with Crippen molar-refractivity contribution in [2.45, 2.75) is 12.8 Å². The van der Waals surface area contributed by atoms with Crippen LogP contribution in [0.5, 0.6) is 0 Å². The predicted octanol–water partition coefficient (Wildman–Crippen LogP) is 2.23. The number of rotatable bonds is 1. The van der Waals surface area contributed by atoms with Crippen molar-refractivity contribution < 1.29 is 4.39 Å². The minimum Gasteiger partial charge on any atom is -0.316 e. The Kier molecular flexibility index (Phi) is 2.48. The average Bonchev–Trinajstić information content (AvgIpc) is 2.76. The molecule has 16 heavy (non-hydrogen) atoms. The second-order valence-electron chi connectivity index (χ2n) is 4.65. The fraction of sp³-hybridized carbons (Fsp3) is 0.462. The second-order valence-corrected chi connectivity index (χ2v) is 4.65. The first-order valence-corrected chi connectivity index (χ1v) is 5.86. The van der Waals surface area contributed by atoms with Gasteiger partial charge in [-0.3, -0.25) is 4.98 Å². The highest BCUT2D eigenvalue weighted by molar-refractivity contribution is 5.68. The summed E-state index contributed by atoms with van der Waals surface area (Å²) in [7, 11) is 0. The van der Waals surface area contributed by atoms with Gasteiger partial charge in [0.05, 0.1) is 6.20 Å². The summed E-state index contributed by atoms with van der Waals surface area (Å²) in [6.07, 6.45) is 7.65. The molecule has 0 saturated carbocycles. The van der Waals surface area contributed by atoms with E-state index < -0.39 is 0 Å². The molecule has 2 heterocycles. The summed E-state index contributed by atoms with van der Waals surface area (Å²) in [5.41, 5.74) is 2.24. The molecule has 1 aliphatic heterocycles. The van der Waals surface area contributed by atoms with Gasteiger partial charge < -0.3 is 5.32 Å². The molecular formula is C13H15FN2. The Morgan fingerprint density at radius 2 is 2.25 bits per heavy atom. The van der Waals surface area contributed by atoms with Gasteiger partial charge in [0.1, 0.15) is 5.82 Å². The van der Waals surface area contributed by atoms with Crippen LogP contribution >= 0.6 is 0 Å². The molecule has 1 saturated heterocycles. The highest BCUT2D eigenvalue weighted by Crippen LogP contribution is 2.38. The molecule has 84 valence electrons. The van der Waals surface area contributed by atoms with E-state index in [1.165, 1.54) is 18.2 Å². The predicted molar refractivity (Wildman–Crippen MR) is 61.3 cm³/mol. The maximum absolute atomic E-state index is 13.2. The third kappa shape index (κ3) is 1.65. The third-order valence-corrected chi connectivity index (χ3v) is 3.68. The maximum atomic E-state index is 13.2. The zero-order valence-corrected chi connectivity index (χ0v) is 9.12. The van der Waals surface area contributed by atoms with Crippen LogP contribution in [-0.4, -0.2) is 18.1 Å². The Morgan fingerprint density at radius 1 is 1.31 bits per heavy atom. The van der Waals surface area contributed by atoms with Crippen LogP contribution in [0.15, 0.2) is 24.5 Å². The van der Waals surface area contributed by atoms with E-state index in [-0.39, 0.29) is 5.82 Å². The van der Waals surface area contributed by atoms with Gasteiger partial charge in [0.25, 0.3) is 0 Å². The highest BCUT2D eigenvalue weighted by atomic mass is 19.1. The van der Waals surface area contributed by atoms with Crippen molar-refractivity contribution >= 4 is 5.57 Å². The lowest BCUT2D eigenvalue weighted by Gasteiger charge is -2.26. The molecule has 0 spiro atoms. The Labute approximate surface area is 94.6 Å². The summed E-state index contributed by atoms with van der Waals surface area (Å²) in [4.78, 5) is 3.94. The topological polar surface area (TPSA) is 24.9 Å². The highest BCUT2D eigenvalue weighted by Gasteiger charge is 2.32. The quantitative estimate of drug-likeness (QED) is 0.782. The molecule has 2 atom stereocenters. The number of hydrogen-bond acceptors (Lipinski definition) is 2. The molecule has 3 rings (SSSR count). The van der Waals surface area contributed by atoms with Crippen molar-refractivity contribution in [3.05, 3.63) is 35.9 Å². The molecular weight excluding hydrogens is 203 g/mol. The largest absolute Gasteiger partial charge is 0.316 e. The van der Waals surface area contributed by atoms with Gasteiger partial charge in [-0.25, -0.2) is 4.39 Å². The van der Waals surface area contributed by atoms with E-state index in [2.05, 4.69) is 16.4 Å². The van der Waals surface area contributed by atoms with Gasteiger partial charge in [-0.15, -0.1) is 0 Å². The third-order valence-electron chi connectivity index (χ3n) is 3.68. The summed E-state index contributed by atoms with van der Waals surface area (Å²) in [6, 6.07) is 1.60. The molecule has 1 aromatic heterocycles. The van der Waals surface area contributed by atoms with Gasteiger partial charge in [-0.1, -0.05) is 6.08 Å². The molecule has 2 aliphatic rings. The van der Waals surface area contributed by atoms with Gasteiger partial charge in [0.15, 0.2) is 0 Å². The summed E-state index contributed by atoms with van der Waals surface area (Å²) < 4.78 is 13.2. The number of aromatic nitrogens is 1. The van der Waals surface area contributed by atoms with Crippen LogP contribution in [0.2, 0.25) is 0 Å². The first-order valence-electron chi connectivity index (χ1n) is 5.86. The van der Waals surface area contributed by atoms with Crippen molar-refractivity contribution in [1.29, 1.82) is 0 Å². The SMILES string of the molecule is Fc1cncc(C2=CCC[C@@H]3CNC[C@H]23)c1. The lowest BCUT2D eigenvalue weighted by atomic mass is 9.78. The smallest absolute Gasteiger partial charge is 0.142 e. The first-order chi connectivity index (χ1) is 7.84. The Hall–Kier alpha value is -1.22. The zero-order valence-electron chi connectivity index (χ0n) is 9.12. The molecule has 0 aromatic carbocycles. The van der Waals surface area contributed by atoms with Crippen LogP contribution in [0.4, 0.5) is 4.39 Å². The van der Waals surface area contributed by atoms with Crippen molar-refractivity contribution in [2.75, 3.05) is 13.1 Å². The van der Waals surface area contributed by atoms with Crippen molar-refractivity contribution in [2.24, 2.45) is 11.8 Å². The van der Waals surface area contributed by atoms with Gasteiger partial charge in [0.2, 0.25) is 0 Å². The van der Waals surface area contributed by atoms with Gasteiger partial charge in [-0.05, 0) is 42.5 Å². The summed E-state index contributed by atoms with van der Waals surface area (Å²) in [5, 5.41) is 3.42. The second kappa shape index (κ2) is 3.98. The van der Waals surface area contributed by atoms with E-state index in [1.807, 2.05) is 0 Å². The lowest BCUT2D eigenvalue weighted by Crippen LogP contribution is -2.18. The van der Waals surface area contributed by atoms with Crippen molar-refractivity contribution in [3.8, 4) is 0 Å². The zero-order chi connectivity index (χ0) is 11.0. The maximum Gasteiger partial charge on any atom is 0.142 e. The van der Waals surface area contributed by atoms with Gasteiger partial charge in [0, 0.05) is 18.7 Å². The molecule has 1 aromatic rings. The minimum atomic E-state index is -0.244. The number of nitrogens with zero attached hydrogens (tertiary/aromatic N) is 1. The number of pyridine rings is 1. The number of fused-ring (bicyclic) bond motifs is 1. The fourth-order valence-corrected chi connectivity index (χ4v) is 2.91. The van der Waals surface area contributed by atoms with E-state index in [9.17, 15) is 4.39 Å². The standard InChI is InChI=1S/C13H15FN2/c14-11-4-10(6-15-7-11)12-3-1-2-9-5-16-8-13(9)12/h3-4,6-7,9,13,16H,1-2,5,8H2/t9-,13+/m1/s1. The van der Waals surface area contributed by atoms with Gasteiger partial charge in [-0.2, -0.15) is 0 Å². The Morgan fingerprint density at radius 3 is 3.12 bits per heavy atom. The molecule has 2 nitrogen and oxygen atoms in total. The van der Waals surface area contributed by atoms with Crippen LogP contribution in [-0.2, 0) is 0 Å². The van der Waals surface area contributed by atoms with E-state index in [4.69, 9.17) is 0 Å². The molecule has 1 fully saturated rings. The lowest BCUT2D eigenvalue weighted by molar-refractivity contribution is 0.454. The van der Waals surface area contributed by atoms with E-state index >= 15 is 0 Å². The molecule has 1 aliphatic carbocycles. The molecule has 1 N–H and O–H groups in total. The van der Waals surface area contributed by atoms with E-state index in [0.29, 0.717) is 5.92 Å².